The smallest absolute Gasteiger partial charge is 0.124 e. The molecular weight excluding hydrogens is 679 g/mol. The van der Waals surface area contributed by atoms with Crippen LogP contribution in [0.5, 0.6) is 0 Å². The van der Waals surface area contributed by atoms with Gasteiger partial charge in [-0.2, -0.15) is 0 Å². The van der Waals surface area contributed by atoms with Gasteiger partial charge in [-0.25, -0.2) is 0 Å². The predicted octanol–water partition coefficient (Wildman–Crippen LogP) is 13.7. The first-order valence-corrected chi connectivity index (χ1v) is 20.5. The molecule has 0 fully saturated rings. The first kappa shape index (κ1) is 34.4. The van der Waals surface area contributed by atoms with Gasteiger partial charge in [-0.1, -0.05) is 147 Å². The zero-order valence-electron chi connectivity index (χ0n) is 32.0. The maximum absolute atomic E-state index is 7.10. The highest BCUT2D eigenvalue weighted by Gasteiger charge is 2.40. The molecule has 0 aromatic heterocycles. The number of rotatable bonds is 8. The number of nitrogens with zero attached hydrogens (tertiary/aromatic N) is 1. The largest absolute Gasteiger partial charge is 0.486 e. The Labute approximate surface area is 331 Å². The van der Waals surface area contributed by atoms with Crippen LogP contribution >= 0.6 is 0 Å². The quantitative estimate of drug-likeness (QED) is 0.179. The van der Waals surface area contributed by atoms with Crippen molar-refractivity contribution in [2.24, 2.45) is 11.8 Å². The molecule has 56 heavy (non-hydrogen) atoms. The van der Waals surface area contributed by atoms with Crippen molar-refractivity contribution in [1.82, 2.24) is 0 Å². The fourth-order valence-electron chi connectivity index (χ4n) is 9.50. The molecule has 0 spiro atoms. The Morgan fingerprint density at radius 3 is 2.18 bits per heavy atom. The molecule has 274 valence electrons. The molecule has 4 atom stereocenters. The van der Waals surface area contributed by atoms with Gasteiger partial charge in [0.25, 0.3) is 0 Å². The molecule has 0 amide bonds. The summed E-state index contributed by atoms with van der Waals surface area (Å²) in [5.74, 6) is 2.02. The van der Waals surface area contributed by atoms with Crippen LogP contribution in [0.2, 0.25) is 0 Å². The number of allylic oxidation sites excluding steroid dienone is 16. The Bertz CT molecular complexity index is 2480. The average molecular weight is 726 g/mol. The van der Waals surface area contributed by atoms with E-state index in [2.05, 4.69) is 194 Å². The summed E-state index contributed by atoms with van der Waals surface area (Å²) in [4.78, 5) is 2.45. The van der Waals surface area contributed by atoms with Crippen LogP contribution in [0.25, 0.3) is 27.8 Å². The van der Waals surface area contributed by atoms with Crippen LogP contribution in [-0.4, -0.2) is 6.10 Å². The first-order valence-electron chi connectivity index (χ1n) is 20.5. The van der Waals surface area contributed by atoms with E-state index in [-0.39, 0.29) is 6.10 Å². The van der Waals surface area contributed by atoms with Crippen LogP contribution in [0.4, 0.5) is 5.69 Å². The van der Waals surface area contributed by atoms with Gasteiger partial charge < -0.3 is 9.64 Å². The highest BCUT2D eigenvalue weighted by molar-refractivity contribution is 5.90. The van der Waals surface area contributed by atoms with Crippen molar-refractivity contribution in [3.05, 3.63) is 227 Å². The number of fused-ring (bicyclic) bond motifs is 4. The Morgan fingerprint density at radius 1 is 0.679 bits per heavy atom. The molecule has 4 unspecified atom stereocenters. The minimum atomic E-state index is -0.0539. The van der Waals surface area contributed by atoms with Gasteiger partial charge in [0.15, 0.2) is 0 Å². The van der Waals surface area contributed by atoms with Gasteiger partial charge in [-0.05, 0) is 118 Å². The molecule has 4 aromatic rings. The van der Waals surface area contributed by atoms with E-state index in [1.807, 2.05) is 0 Å². The molecule has 4 aromatic carbocycles. The molecule has 10 rings (SSSR count). The Hall–Kier alpha value is -6.12. The van der Waals surface area contributed by atoms with E-state index < -0.39 is 0 Å². The van der Waals surface area contributed by atoms with Crippen LogP contribution < -0.4 is 4.90 Å². The monoisotopic (exact) mass is 725 g/mol. The van der Waals surface area contributed by atoms with Crippen molar-refractivity contribution >= 4 is 22.4 Å². The van der Waals surface area contributed by atoms with Crippen LogP contribution in [0.1, 0.15) is 67.2 Å². The third-order valence-corrected chi connectivity index (χ3v) is 12.4. The van der Waals surface area contributed by atoms with E-state index in [1.165, 1.54) is 72.8 Å². The van der Waals surface area contributed by atoms with E-state index in [4.69, 9.17) is 4.74 Å². The standard InChI is InChI=1S/C54H47NO/c1-37-51-35-43(40-17-9-4-10-18-40)25-34-50(51)54-52(36-44-19-11-12-20-49(44)53(37)54)56-48-32-30-47(31-33-48)55(45-26-21-41(22-27-45)38-13-5-2-6-14-38)46-28-23-42(24-29-46)39-15-7-3-8-16-39/h2-3,5-9,11-23,25-28,30-32,34-37,44,48-49H,4,10,24,29,33H2,1H3. The summed E-state index contributed by atoms with van der Waals surface area (Å²) in [5, 5.41) is 0. The van der Waals surface area contributed by atoms with E-state index >= 15 is 0 Å². The van der Waals surface area contributed by atoms with Crippen molar-refractivity contribution in [3.63, 3.8) is 0 Å². The van der Waals surface area contributed by atoms with Crippen molar-refractivity contribution in [2.75, 3.05) is 4.90 Å². The molecule has 6 aliphatic rings. The van der Waals surface area contributed by atoms with Gasteiger partial charge in [0.2, 0.25) is 0 Å². The SMILES string of the molecule is CC1C2=C(C(OC3C=CC(N(C4=CC=C(c5ccccc5)CC4)c4ccc(-c5ccccc5)cc4)=CC3)=CC3C=CC=CC23)c2ccc(C3=CCCC=C3)cc21. The topological polar surface area (TPSA) is 12.5 Å². The molecule has 0 aliphatic heterocycles. The number of anilines is 1. The molecule has 0 saturated carbocycles. The fraction of sp³-hybridized carbons (Fsp3) is 0.185. The van der Waals surface area contributed by atoms with Gasteiger partial charge >= 0.3 is 0 Å². The zero-order valence-corrected chi connectivity index (χ0v) is 32.0. The molecule has 0 saturated heterocycles. The van der Waals surface area contributed by atoms with Crippen molar-refractivity contribution in [2.45, 2.75) is 51.0 Å². The van der Waals surface area contributed by atoms with Gasteiger partial charge in [0, 0.05) is 46.8 Å². The third kappa shape index (κ3) is 6.43. The molecule has 0 N–H and O–H groups in total. The predicted molar refractivity (Wildman–Crippen MR) is 234 cm³/mol. The van der Waals surface area contributed by atoms with Crippen LogP contribution in [0.3, 0.4) is 0 Å². The lowest BCUT2D eigenvalue weighted by Gasteiger charge is -2.34. The highest BCUT2D eigenvalue weighted by atomic mass is 16.5. The highest BCUT2D eigenvalue weighted by Crippen LogP contribution is 2.54. The Morgan fingerprint density at radius 2 is 1.45 bits per heavy atom. The average Bonchev–Trinajstić information content (AvgIpc) is 3.57. The second kappa shape index (κ2) is 14.8. The number of hydrogen-bond donors (Lipinski definition) is 0. The van der Waals surface area contributed by atoms with Gasteiger partial charge in [0.05, 0.1) is 0 Å². The molecule has 0 radical (unpaired) electrons. The number of benzene rings is 4. The second-order valence-corrected chi connectivity index (χ2v) is 15.7. The van der Waals surface area contributed by atoms with Crippen LogP contribution in [-0.2, 0) is 4.74 Å². The summed E-state index contributed by atoms with van der Waals surface area (Å²) < 4.78 is 7.10. The second-order valence-electron chi connectivity index (χ2n) is 15.7. The minimum Gasteiger partial charge on any atom is -0.486 e. The Balaban J connectivity index is 0.945. The molecule has 2 heteroatoms. The van der Waals surface area contributed by atoms with Crippen LogP contribution in [0, 0.1) is 11.8 Å². The lowest BCUT2D eigenvalue weighted by molar-refractivity contribution is 0.165. The summed E-state index contributed by atoms with van der Waals surface area (Å²) in [6, 6.07) is 37.6. The summed E-state index contributed by atoms with van der Waals surface area (Å²) in [6.07, 6.45) is 35.1. The molecule has 0 bridgehead atoms. The zero-order chi connectivity index (χ0) is 37.4. The number of ether oxygens (including phenoxy) is 1. The molecule has 6 aliphatic carbocycles. The molecule has 0 heterocycles. The summed E-state index contributed by atoms with van der Waals surface area (Å²) in [5.41, 5.74) is 17.0. The third-order valence-electron chi connectivity index (χ3n) is 12.4. The lowest BCUT2D eigenvalue weighted by Crippen LogP contribution is -2.25. The summed E-state index contributed by atoms with van der Waals surface area (Å²) >= 11 is 0. The maximum Gasteiger partial charge on any atom is 0.124 e. The van der Waals surface area contributed by atoms with Gasteiger partial charge in [0.1, 0.15) is 11.9 Å². The minimum absolute atomic E-state index is 0.0539. The Kier molecular flexibility index (Phi) is 9.11. The van der Waals surface area contributed by atoms with Crippen molar-refractivity contribution in [1.29, 1.82) is 0 Å². The van der Waals surface area contributed by atoms with E-state index in [9.17, 15) is 0 Å². The van der Waals surface area contributed by atoms with Gasteiger partial charge in [-0.3, -0.25) is 0 Å². The van der Waals surface area contributed by atoms with E-state index in [0.29, 0.717) is 17.8 Å². The summed E-state index contributed by atoms with van der Waals surface area (Å²) in [7, 11) is 0. The maximum atomic E-state index is 7.10. The van der Waals surface area contributed by atoms with E-state index in [0.717, 1.165) is 37.9 Å². The summed E-state index contributed by atoms with van der Waals surface area (Å²) in [6.45, 7) is 2.40. The molecule has 2 nitrogen and oxygen atoms in total. The van der Waals surface area contributed by atoms with Crippen LogP contribution in [0.15, 0.2) is 205 Å². The van der Waals surface area contributed by atoms with E-state index in [1.54, 1.807) is 0 Å². The first-order chi connectivity index (χ1) is 27.7. The normalized spacial score (nSPS) is 23.3. The van der Waals surface area contributed by atoms with Crippen molar-refractivity contribution < 1.29 is 4.74 Å². The number of hydrogen-bond acceptors (Lipinski definition) is 2. The molecular formula is C54H47NO. The van der Waals surface area contributed by atoms with Crippen molar-refractivity contribution in [3.8, 4) is 11.1 Å². The lowest BCUT2D eigenvalue weighted by atomic mass is 9.74. The van der Waals surface area contributed by atoms with Gasteiger partial charge in [-0.15, -0.1) is 0 Å². The fourth-order valence-corrected chi connectivity index (χ4v) is 9.50.